The number of hydrogen-bond acceptors (Lipinski definition) is 6. The number of carboxylic acid groups (broad SMARTS) is 2. The second kappa shape index (κ2) is 15.5. The Morgan fingerprint density at radius 1 is 0.791 bits per heavy atom. The molecule has 0 aliphatic carbocycles. The molecule has 3 amide bonds. The van der Waals surface area contributed by atoms with E-state index in [4.69, 9.17) is 10.8 Å². The number of carboxylic acids is 2. The predicted molar refractivity (Wildman–Crippen MR) is 160 cm³/mol. The van der Waals surface area contributed by atoms with Crippen LogP contribution in [0.5, 0.6) is 0 Å². The first-order valence-electron chi connectivity index (χ1n) is 14.1. The molecule has 8 N–H and O–H groups in total. The van der Waals surface area contributed by atoms with Gasteiger partial charge in [-0.25, -0.2) is 4.79 Å². The number of benzene rings is 2. The van der Waals surface area contributed by atoms with Crippen LogP contribution in [0.1, 0.15) is 44.2 Å². The van der Waals surface area contributed by atoms with Crippen LogP contribution in [0.15, 0.2) is 60.8 Å². The smallest absolute Gasteiger partial charge is 0.326 e. The Morgan fingerprint density at radius 3 is 2.05 bits per heavy atom. The summed E-state index contributed by atoms with van der Waals surface area (Å²) in [5.41, 5.74) is 8.80. The number of aromatic amines is 1. The van der Waals surface area contributed by atoms with Crippen LogP contribution in [0, 0.1) is 5.92 Å². The highest BCUT2D eigenvalue weighted by Gasteiger charge is 2.31. The maximum Gasteiger partial charge on any atom is 0.326 e. The normalized spacial score (nSPS) is 14.0. The number of para-hydroxylation sites is 1. The van der Waals surface area contributed by atoms with E-state index in [0.717, 1.165) is 22.0 Å². The van der Waals surface area contributed by atoms with Gasteiger partial charge in [0.2, 0.25) is 17.7 Å². The van der Waals surface area contributed by atoms with Gasteiger partial charge in [0.05, 0.1) is 6.04 Å². The molecule has 1 aromatic heterocycles. The van der Waals surface area contributed by atoms with Gasteiger partial charge in [-0.3, -0.25) is 19.2 Å². The molecule has 0 radical (unpaired) electrons. The van der Waals surface area contributed by atoms with Crippen molar-refractivity contribution >= 4 is 40.6 Å². The fraction of sp³-hybridized carbons (Fsp3) is 0.387. The van der Waals surface area contributed by atoms with Crippen LogP contribution >= 0.6 is 0 Å². The first-order valence-corrected chi connectivity index (χ1v) is 14.1. The van der Waals surface area contributed by atoms with Gasteiger partial charge in [0.25, 0.3) is 0 Å². The summed E-state index contributed by atoms with van der Waals surface area (Å²) in [6.07, 6.45) is 1.53. The molecule has 0 saturated carbocycles. The van der Waals surface area contributed by atoms with Gasteiger partial charge in [-0.2, -0.15) is 0 Å². The molecule has 4 atom stereocenters. The largest absolute Gasteiger partial charge is 0.481 e. The zero-order chi connectivity index (χ0) is 31.5. The number of nitrogens with two attached hydrogens (primary N) is 1. The maximum atomic E-state index is 13.6. The number of carbonyl (C=O) groups excluding carboxylic acids is 3. The molecule has 2 aromatic carbocycles. The topological polar surface area (TPSA) is 204 Å². The first-order chi connectivity index (χ1) is 20.4. The molecular formula is C31H39N5O7. The Morgan fingerprint density at radius 2 is 1.40 bits per heavy atom. The van der Waals surface area contributed by atoms with Gasteiger partial charge >= 0.3 is 11.9 Å². The first kappa shape index (κ1) is 32.8. The predicted octanol–water partition coefficient (Wildman–Crippen LogP) is 1.73. The van der Waals surface area contributed by atoms with Gasteiger partial charge < -0.3 is 36.9 Å². The summed E-state index contributed by atoms with van der Waals surface area (Å²) >= 11 is 0. The van der Waals surface area contributed by atoms with Crippen molar-refractivity contribution in [3.63, 3.8) is 0 Å². The molecule has 0 saturated heterocycles. The summed E-state index contributed by atoms with van der Waals surface area (Å²) in [7, 11) is 0. The third-order valence-electron chi connectivity index (χ3n) is 6.97. The average molecular weight is 594 g/mol. The summed E-state index contributed by atoms with van der Waals surface area (Å²) in [6, 6.07) is 12.0. The lowest BCUT2D eigenvalue weighted by molar-refractivity contribution is -0.143. The van der Waals surface area contributed by atoms with E-state index in [2.05, 4.69) is 20.9 Å². The number of rotatable bonds is 16. The van der Waals surface area contributed by atoms with Crippen LogP contribution in [-0.4, -0.2) is 69.0 Å². The fourth-order valence-electron chi connectivity index (χ4n) is 4.74. The van der Waals surface area contributed by atoms with Crippen molar-refractivity contribution in [2.75, 3.05) is 0 Å². The summed E-state index contributed by atoms with van der Waals surface area (Å²) in [4.78, 5) is 65.7. The van der Waals surface area contributed by atoms with Crippen molar-refractivity contribution in [1.82, 2.24) is 20.9 Å². The molecule has 230 valence electrons. The van der Waals surface area contributed by atoms with Gasteiger partial charge in [-0.15, -0.1) is 0 Å². The Kier molecular flexibility index (Phi) is 11.8. The summed E-state index contributed by atoms with van der Waals surface area (Å²) < 4.78 is 0. The van der Waals surface area contributed by atoms with Crippen LogP contribution in [0.3, 0.4) is 0 Å². The molecule has 1 heterocycles. The minimum Gasteiger partial charge on any atom is -0.481 e. The van der Waals surface area contributed by atoms with E-state index in [1.807, 2.05) is 44.2 Å². The molecular weight excluding hydrogens is 554 g/mol. The number of carbonyl (C=O) groups is 5. The van der Waals surface area contributed by atoms with Gasteiger partial charge in [0.15, 0.2) is 0 Å². The molecule has 4 unspecified atom stereocenters. The van der Waals surface area contributed by atoms with Crippen molar-refractivity contribution in [3.05, 3.63) is 71.9 Å². The van der Waals surface area contributed by atoms with Gasteiger partial charge in [-0.1, -0.05) is 62.4 Å². The Balaban J connectivity index is 1.76. The highest BCUT2D eigenvalue weighted by atomic mass is 16.4. The lowest BCUT2D eigenvalue weighted by Gasteiger charge is -2.26. The summed E-state index contributed by atoms with van der Waals surface area (Å²) in [6.45, 7) is 3.66. The van der Waals surface area contributed by atoms with Crippen molar-refractivity contribution in [1.29, 1.82) is 0 Å². The average Bonchev–Trinajstić information content (AvgIpc) is 3.36. The highest BCUT2D eigenvalue weighted by Crippen LogP contribution is 2.19. The standard InChI is InChI=1S/C31H39N5O7/c1-18(2)14-25(29(40)34-24(31(42)43)12-13-27(37)38)36-30(41)26(15-19-8-4-3-5-9-19)35-28(39)22(32)16-20-17-33-23-11-7-6-10-21(20)23/h3-11,17-18,22,24-26,33H,12-16,32H2,1-2H3,(H,34,40)(H,35,39)(H,36,41)(H,37,38)(H,42,43). The van der Waals surface area contributed by atoms with Gasteiger partial charge in [0, 0.05) is 29.9 Å². The summed E-state index contributed by atoms with van der Waals surface area (Å²) in [5.74, 6) is -4.61. The molecule has 0 aliphatic rings. The number of fused-ring (bicyclic) bond motifs is 1. The van der Waals surface area contributed by atoms with Crippen LogP contribution < -0.4 is 21.7 Å². The zero-order valence-electron chi connectivity index (χ0n) is 24.2. The van der Waals surface area contributed by atoms with Crippen LogP contribution in [-0.2, 0) is 36.8 Å². The fourth-order valence-corrected chi connectivity index (χ4v) is 4.74. The van der Waals surface area contributed by atoms with Crippen molar-refractivity contribution in [2.24, 2.45) is 11.7 Å². The number of aromatic nitrogens is 1. The number of H-pyrrole nitrogens is 1. The van der Waals surface area contributed by atoms with E-state index in [9.17, 15) is 29.1 Å². The number of hydrogen-bond donors (Lipinski definition) is 7. The van der Waals surface area contributed by atoms with E-state index in [1.54, 1.807) is 30.5 Å². The van der Waals surface area contributed by atoms with Crippen LogP contribution in [0.2, 0.25) is 0 Å². The Labute approximate surface area is 249 Å². The lowest BCUT2D eigenvalue weighted by Crippen LogP contribution is -2.58. The lowest BCUT2D eigenvalue weighted by atomic mass is 10.00. The zero-order valence-corrected chi connectivity index (χ0v) is 24.2. The second-order valence-electron chi connectivity index (χ2n) is 10.9. The van der Waals surface area contributed by atoms with Crippen LogP contribution in [0.4, 0.5) is 0 Å². The van der Waals surface area contributed by atoms with E-state index < -0.39 is 60.2 Å². The van der Waals surface area contributed by atoms with Gasteiger partial charge in [0.1, 0.15) is 18.1 Å². The molecule has 3 rings (SSSR count). The SMILES string of the molecule is CC(C)CC(NC(=O)C(Cc1ccccc1)NC(=O)C(N)Cc1c[nH]c2ccccc12)C(=O)NC(CCC(=O)O)C(=O)O. The minimum absolute atomic E-state index is 0.0647. The number of nitrogens with one attached hydrogen (secondary N) is 4. The molecule has 0 aliphatic heterocycles. The molecule has 0 spiro atoms. The highest BCUT2D eigenvalue weighted by molar-refractivity contribution is 5.94. The van der Waals surface area contributed by atoms with E-state index in [0.29, 0.717) is 0 Å². The molecule has 12 heteroatoms. The monoisotopic (exact) mass is 593 g/mol. The summed E-state index contributed by atoms with van der Waals surface area (Å²) in [5, 5.41) is 27.1. The molecule has 12 nitrogen and oxygen atoms in total. The minimum atomic E-state index is -1.45. The Bertz CT molecular complexity index is 1420. The Hall–Kier alpha value is -4.71. The third kappa shape index (κ3) is 9.96. The molecule has 43 heavy (non-hydrogen) atoms. The van der Waals surface area contributed by atoms with Crippen molar-refractivity contribution < 1.29 is 34.2 Å². The van der Waals surface area contributed by atoms with Crippen LogP contribution in [0.25, 0.3) is 10.9 Å². The molecule has 0 fully saturated rings. The van der Waals surface area contributed by atoms with E-state index in [1.165, 1.54) is 0 Å². The third-order valence-corrected chi connectivity index (χ3v) is 6.97. The molecule has 0 bridgehead atoms. The quantitative estimate of drug-likeness (QED) is 0.130. The second-order valence-corrected chi connectivity index (χ2v) is 10.9. The maximum absolute atomic E-state index is 13.6. The van der Waals surface area contributed by atoms with E-state index >= 15 is 0 Å². The van der Waals surface area contributed by atoms with Crippen molar-refractivity contribution in [2.45, 2.75) is 70.1 Å². The number of aliphatic carboxylic acids is 2. The number of amides is 3. The van der Waals surface area contributed by atoms with E-state index in [-0.39, 0.29) is 31.6 Å². The molecule has 3 aromatic rings. The van der Waals surface area contributed by atoms with Gasteiger partial charge in [-0.05, 0) is 42.4 Å². The van der Waals surface area contributed by atoms with Crippen molar-refractivity contribution in [3.8, 4) is 0 Å².